The zero-order valence-corrected chi connectivity index (χ0v) is 11.7. The molecule has 0 aromatic rings. The minimum atomic E-state index is 0.280. The van der Waals surface area contributed by atoms with Gasteiger partial charge in [-0.05, 0) is 34.4 Å². The molecule has 3 unspecified atom stereocenters. The molecule has 96 valence electrons. The van der Waals surface area contributed by atoms with Crippen molar-refractivity contribution in [2.24, 2.45) is 5.41 Å². The zero-order chi connectivity index (χ0) is 12.3. The van der Waals surface area contributed by atoms with Gasteiger partial charge in [0.1, 0.15) is 0 Å². The Kier molecular flexibility index (Phi) is 4.77. The molecule has 1 N–H and O–H groups in total. The average Bonchev–Trinajstić information content (AvgIpc) is 2.21. The van der Waals surface area contributed by atoms with Gasteiger partial charge in [0.2, 0.25) is 0 Å². The fourth-order valence-corrected chi connectivity index (χ4v) is 2.21. The predicted octanol–water partition coefficient (Wildman–Crippen LogP) is 1.73. The summed E-state index contributed by atoms with van der Waals surface area (Å²) in [6.45, 7) is 10.8. The molecule has 16 heavy (non-hydrogen) atoms. The van der Waals surface area contributed by atoms with Crippen LogP contribution >= 0.6 is 0 Å². The van der Waals surface area contributed by atoms with Gasteiger partial charge in [0, 0.05) is 30.7 Å². The van der Waals surface area contributed by atoms with Gasteiger partial charge in [0.05, 0.1) is 6.10 Å². The van der Waals surface area contributed by atoms with Crippen molar-refractivity contribution in [1.29, 1.82) is 0 Å². The number of nitrogens with zero attached hydrogens (tertiary/aromatic N) is 1. The van der Waals surface area contributed by atoms with Gasteiger partial charge >= 0.3 is 0 Å². The second kappa shape index (κ2) is 5.48. The molecular formula is C13H28N2O. The van der Waals surface area contributed by atoms with Crippen molar-refractivity contribution in [1.82, 2.24) is 10.2 Å². The highest BCUT2D eigenvalue weighted by Crippen LogP contribution is 2.42. The standard InChI is InChI=1S/C13H28N2O/c1-7-16-12-8-11(13(12,3)4)14-9-10(2)15(5)6/h10-12,14H,7-9H2,1-6H3. The van der Waals surface area contributed by atoms with Crippen molar-refractivity contribution in [3.63, 3.8) is 0 Å². The Morgan fingerprint density at radius 3 is 2.50 bits per heavy atom. The molecule has 0 saturated heterocycles. The lowest BCUT2D eigenvalue weighted by Crippen LogP contribution is -2.62. The lowest BCUT2D eigenvalue weighted by molar-refractivity contribution is -0.114. The van der Waals surface area contributed by atoms with Gasteiger partial charge in [0.15, 0.2) is 0 Å². The zero-order valence-electron chi connectivity index (χ0n) is 11.7. The maximum absolute atomic E-state index is 5.73. The van der Waals surface area contributed by atoms with Crippen LogP contribution in [0.4, 0.5) is 0 Å². The van der Waals surface area contributed by atoms with Crippen molar-refractivity contribution in [2.45, 2.75) is 52.3 Å². The number of likely N-dealkylation sites (N-methyl/N-ethyl adjacent to an activating group) is 1. The van der Waals surface area contributed by atoms with Crippen molar-refractivity contribution in [3.8, 4) is 0 Å². The van der Waals surface area contributed by atoms with Gasteiger partial charge in [-0.25, -0.2) is 0 Å². The Balaban J connectivity index is 2.31. The summed E-state index contributed by atoms with van der Waals surface area (Å²) in [7, 11) is 4.25. The third-order valence-electron chi connectivity index (χ3n) is 4.09. The molecule has 1 saturated carbocycles. The summed E-state index contributed by atoms with van der Waals surface area (Å²) >= 11 is 0. The Bertz CT molecular complexity index is 216. The summed E-state index contributed by atoms with van der Waals surface area (Å²) in [5, 5.41) is 3.66. The number of rotatable bonds is 6. The van der Waals surface area contributed by atoms with E-state index in [2.05, 4.69) is 52.0 Å². The van der Waals surface area contributed by atoms with Crippen LogP contribution in [-0.4, -0.2) is 50.3 Å². The first-order valence-corrected chi connectivity index (χ1v) is 6.41. The third kappa shape index (κ3) is 2.96. The van der Waals surface area contributed by atoms with Gasteiger partial charge in [-0.2, -0.15) is 0 Å². The van der Waals surface area contributed by atoms with Crippen molar-refractivity contribution in [3.05, 3.63) is 0 Å². The second-order valence-corrected chi connectivity index (χ2v) is 5.77. The summed E-state index contributed by atoms with van der Waals surface area (Å²) in [6, 6.07) is 1.19. The largest absolute Gasteiger partial charge is 0.378 e. The summed E-state index contributed by atoms with van der Waals surface area (Å²) in [4.78, 5) is 2.25. The molecule has 0 heterocycles. The highest BCUT2D eigenvalue weighted by Gasteiger charge is 2.48. The van der Waals surface area contributed by atoms with E-state index in [9.17, 15) is 0 Å². The van der Waals surface area contributed by atoms with Gasteiger partial charge in [-0.1, -0.05) is 13.8 Å². The van der Waals surface area contributed by atoms with E-state index in [1.165, 1.54) is 0 Å². The third-order valence-corrected chi connectivity index (χ3v) is 4.09. The van der Waals surface area contributed by atoms with Crippen LogP contribution in [-0.2, 0) is 4.74 Å². The average molecular weight is 228 g/mol. The van der Waals surface area contributed by atoms with Gasteiger partial charge in [0.25, 0.3) is 0 Å². The number of hydrogen-bond donors (Lipinski definition) is 1. The first kappa shape index (κ1) is 13.9. The molecule has 1 aliphatic carbocycles. The monoisotopic (exact) mass is 228 g/mol. The second-order valence-electron chi connectivity index (χ2n) is 5.77. The maximum Gasteiger partial charge on any atom is 0.0655 e. The predicted molar refractivity (Wildman–Crippen MR) is 68.8 cm³/mol. The lowest BCUT2D eigenvalue weighted by atomic mass is 9.64. The van der Waals surface area contributed by atoms with E-state index in [4.69, 9.17) is 4.74 Å². The molecule has 1 rings (SSSR count). The van der Waals surface area contributed by atoms with E-state index in [-0.39, 0.29) is 5.41 Å². The molecular weight excluding hydrogens is 200 g/mol. The number of ether oxygens (including phenoxy) is 1. The van der Waals surface area contributed by atoms with Crippen LogP contribution in [0.1, 0.15) is 34.1 Å². The van der Waals surface area contributed by atoms with E-state index in [0.29, 0.717) is 18.2 Å². The molecule has 0 spiro atoms. The van der Waals surface area contributed by atoms with E-state index in [1.807, 2.05) is 0 Å². The van der Waals surface area contributed by atoms with Crippen LogP contribution in [0.15, 0.2) is 0 Å². The molecule has 3 heteroatoms. The molecule has 1 fully saturated rings. The molecule has 3 atom stereocenters. The van der Waals surface area contributed by atoms with Crippen molar-refractivity contribution in [2.75, 3.05) is 27.2 Å². The fraction of sp³-hybridized carbons (Fsp3) is 1.00. The minimum Gasteiger partial charge on any atom is -0.378 e. The highest BCUT2D eigenvalue weighted by molar-refractivity contribution is 5.02. The summed E-state index contributed by atoms with van der Waals surface area (Å²) < 4.78 is 5.73. The summed E-state index contributed by atoms with van der Waals surface area (Å²) in [6.07, 6.45) is 1.59. The Labute approximate surface area is 101 Å². The summed E-state index contributed by atoms with van der Waals surface area (Å²) in [5.74, 6) is 0. The van der Waals surface area contributed by atoms with Gasteiger partial charge < -0.3 is 15.0 Å². The van der Waals surface area contributed by atoms with E-state index < -0.39 is 0 Å². The highest BCUT2D eigenvalue weighted by atomic mass is 16.5. The lowest BCUT2D eigenvalue weighted by Gasteiger charge is -2.52. The van der Waals surface area contributed by atoms with Gasteiger partial charge in [-0.3, -0.25) is 0 Å². The van der Waals surface area contributed by atoms with Crippen LogP contribution in [0.2, 0.25) is 0 Å². The first-order chi connectivity index (χ1) is 7.39. The van der Waals surface area contributed by atoms with Crippen LogP contribution in [0.3, 0.4) is 0 Å². The summed E-state index contributed by atoms with van der Waals surface area (Å²) in [5.41, 5.74) is 0.280. The molecule has 1 aliphatic rings. The van der Waals surface area contributed by atoms with Crippen LogP contribution in [0.25, 0.3) is 0 Å². The quantitative estimate of drug-likeness (QED) is 0.749. The van der Waals surface area contributed by atoms with Crippen LogP contribution in [0.5, 0.6) is 0 Å². The molecule has 0 aromatic heterocycles. The molecule has 0 aromatic carbocycles. The fourth-order valence-electron chi connectivity index (χ4n) is 2.21. The molecule has 0 bridgehead atoms. The number of nitrogens with one attached hydrogen (secondary N) is 1. The molecule has 0 amide bonds. The molecule has 3 nitrogen and oxygen atoms in total. The Hall–Kier alpha value is -0.120. The number of hydrogen-bond acceptors (Lipinski definition) is 3. The molecule has 0 aliphatic heterocycles. The van der Waals surface area contributed by atoms with E-state index in [0.717, 1.165) is 19.6 Å². The Morgan fingerprint density at radius 1 is 1.44 bits per heavy atom. The van der Waals surface area contributed by atoms with Gasteiger partial charge in [-0.15, -0.1) is 0 Å². The maximum atomic E-state index is 5.73. The smallest absolute Gasteiger partial charge is 0.0655 e. The SMILES string of the molecule is CCOC1CC(NCC(C)N(C)C)C1(C)C. The molecule has 0 radical (unpaired) electrons. The normalized spacial score (nSPS) is 30.2. The topological polar surface area (TPSA) is 24.5 Å². The minimum absolute atomic E-state index is 0.280. The van der Waals surface area contributed by atoms with E-state index >= 15 is 0 Å². The van der Waals surface area contributed by atoms with Crippen molar-refractivity contribution < 1.29 is 4.74 Å². The van der Waals surface area contributed by atoms with E-state index in [1.54, 1.807) is 0 Å². The van der Waals surface area contributed by atoms with Crippen molar-refractivity contribution >= 4 is 0 Å². The first-order valence-electron chi connectivity index (χ1n) is 6.41. The Morgan fingerprint density at radius 2 is 2.06 bits per heavy atom. The van der Waals surface area contributed by atoms with Crippen LogP contribution < -0.4 is 5.32 Å². The van der Waals surface area contributed by atoms with Crippen LogP contribution in [0, 0.1) is 5.41 Å².